The highest BCUT2D eigenvalue weighted by Gasteiger charge is 2.05. The third-order valence-corrected chi connectivity index (χ3v) is 0.840. The molecule has 0 unspecified atom stereocenters. The highest BCUT2D eigenvalue weighted by atomic mass is 16.5. The number of amides is 1. The van der Waals surface area contributed by atoms with Crippen molar-refractivity contribution in [3.05, 3.63) is 18.0 Å². The maximum Gasteiger partial charge on any atom is 0.316 e. The highest BCUT2D eigenvalue weighted by molar-refractivity contribution is 5.95. The fourth-order valence-corrected chi connectivity index (χ4v) is 0.457. The molecular weight excluding hydrogens is 134 g/mol. The molecule has 0 aliphatic rings. The Labute approximate surface area is 56.5 Å². The maximum absolute atomic E-state index is 10.7. The molecule has 1 amide bonds. The molecule has 0 spiro atoms. The van der Waals surface area contributed by atoms with E-state index in [9.17, 15) is 4.79 Å². The van der Waals surface area contributed by atoms with E-state index in [1.54, 1.807) is 0 Å². The van der Waals surface area contributed by atoms with Crippen molar-refractivity contribution >= 4 is 12.2 Å². The topological polar surface area (TPSA) is 81.5 Å². The van der Waals surface area contributed by atoms with Gasteiger partial charge in [0.15, 0.2) is 0 Å². The molecule has 0 saturated heterocycles. The molecule has 5 nitrogen and oxygen atoms in total. The molecule has 52 valence electrons. The minimum atomic E-state index is -0.528. The molecule has 0 bridgehead atoms. The molecule has 1 aromatic heterocycles. The third-order valence-electron chi connectivity index (χ3n) is 0.840. The molecule has 1 aromatic rings. The SMILES string of the molecule is NC=NC(=O)c1ccno1. The van der Waals surface area contributed by atoms with E-state index in [-0.39, 0.29) is 5.76 Å². The number of nitrogens with zero attached hydrogens (tertiary/aromatic N) is 2. The largest absolute Gasteiger partial charge is 0.390 e. The van der Waals surface area contributed by atoms with Crippen LogP contribution in [0.4, 0.5) is 0 Å². The van der Waals surface area contributed by atoms with Gasteiger partial charge in [0.25, 0.3) is 0 Å². The Bertz CT molecular complexity index is 239. The van der Waals surface area contributed by atoms with Crippen molar-refractivity contribution in [2.45, 2.75) is 0 Å². The summed E-state index contributed by atoms with van der Waals surface area (Å²) < 4.78 is 4.48. The molecule has 0 radical (unpaired) electrons. The lowest BCUT2D eigenvalue weighted by Gasteiger charge is -1.81. The summed E-state index contributed by atoms with van der Waals surface area (Å²) in [5.41, 5.74) is 4.86. The van der Waals surface area contributed by atoms with Gasteiger partial charge in [-0.1, -0.05) is 5.16 Å². The van der Waals surface area contributed by atoms with Gasteiger partial charge in [-0.3, -0.25) is 4.79 Å². The van der Waals surface area contributed by atoms with Crippen LogP contribution in [0.25, 0.3) is 0 Å². The predicted molar refractivity (Wildman–Crippen MR) is 33.5 cm³/mol. The van der Waals surface area contributed by atoms with Gasteiger partial charge in [-0.05, 0) is 0 Å². The predicted octanol–water partition coefficient (Wildman–Crippen LogP) is -0.198. The summed E-state index contributed by atoms with van der Waals surface area (Å²) >= 11 is 0. The van der Waals surface area contributed by atoms with Gasteiger partial charge >= 0.3 is 5.91 Å². The van der Waals surface area contributed by atoms with E-state index >= 15 is 0 Å². The second-order valence-corrected chi connectivity index (χ2v) is 1.46. The first-order valence-electron chi connectivity index (χ1n) is 2.54. The molecule has 1 heterocycles. The fourth-order valence-electron chi connectivity index (χ4n) is 0.457. The van der Waals surface area contributed by atoms with E-state index in [2.05, 4.69) is 14.7 Å². The summed E-state index contributed by atoms with van der Waals surface area (Å²) in [6, 6.07) is 1.41. The Hall–Kier alpha value is -1.65. The summed E-state index contributed by atoms with van der Waals surface area (Å²) in [6.45, 7) is 0. The summed E-state index contributed by atoms with van der Waals surface area (Å²) in [4.78, 5) is 13.9. The van der Waals surface area contributed by atoms with E-state index < -0.39 is 5.91 Å². The molecule has 1 rings (SSSR count). The van der Waals surface area contributed by atoms with Crippen LogP contribution in [-0.4, -0.2) is 17.4 Å². The van der Waals surface area contributed by atoms with Gasteiger partial charge in [-0.15, -0.1) is 0 Å². The summed E-state index contributed by atoms with van der Waals surface area (Å²) in [7, 11) is 0. The van der Waals surface area contributed by atoms with Gasteiger partial charge in [0.05, 0.1) is 12.5 Å². The van der Waals surface area contributed by atoms with Crippen LogP contribution >= 0.6 is 0 Å². The summed E-state index contributed by atoms with van der Waals surface area (Å²) in [5.74, 6) is -0.443. The smallest absolute Gasteiger partial charge is 0.316 e. The Morgan fingerprint density at radius 2 is 2.70 bits per heavy atom. The van der Waals surface area contributed by atoms with Crippen molar-refractivity contribution < 1.29 is 9.32 Å². The van der Waals surface area contributed by atoms with Crippen molar-refractivity contribution in [2.75, 3.05) is 0 Å². The number of nitrogens with two attached hydrogens (primary N) is 1. The quantitative estimate of drug-likeness (QED) is 0.431. The van der Waals surface area contributed by atoms with Gasteiger partial charge < -0.3 is 10.3 Å². The first-order chi connectivity index (χ1) is 4.84. The van der Waals surface area contributed by atoms with Gasteiger partial charge in [0.1, 0.15) is 0 Å². The van der Waals surface area contributed by atoms with Gasteiger partial charge in [-0.2, -0.15) is 4.99 Å². The monoisotopic (exact) mass is 139 g/mol. The molecule has 0 aliphatic carbocycles. The first kappa shape index (κ1) is 6.47. The van der Waals surface area contributed by atoms with Crippen LogP contribution in [0.5, 0.6) is 0 Å². The van der Waals surface area contributed by atoms with Gasteiger partial charge in [0, 0.05) is 6.07 Å². The lowest BCUT2D eigenvalue weighted by atomic mass is 10.4. The minimum Gasteiger partial charge on any atom is -0.390 e. The van der Waals surface area contributed by atoms with Crippen LogP contribution in [0.1, 0.15) is 10.6 Å². The van der Waals surface area contributed by atoms with Crippen LogP contribution in [0.3, 0.4) is 0 Å². The number of aliphatic imine (C=N–C) groups is 1. The molecule has 2 N–H and O–H groups in total. The highest BCUT2D eigenvalue weighted by Crippen LogP contribution is 1.97. The second-order valence-electron chi connectivity index (χ2n) is 1.46. The molecule has 5 heteroatoms. The number of carbonyl (C=O) groups is 1. The summed E-state index contributed by atoms with van der Waals surface area (Å²) in [6.07, 6.45) is 2.27. The van der Waals surface area contributed by atoms with E-state index in [1.807, 2.05) is 0 Å². The minimum absolute atomic E-state index is 0.0849. The zero-order valence-electron chi connectivity index (χ0n) is 5.02. The Balaban J connectivity index is 2.78. The van der Waals surface area contributed by atoms with Crippen LogP contribution < -0.4 is 5.73 Å². The zero-order chi connectivity index (χ0) is 7.40. The van der Waals surface area contributed by atoms with Crippen LogP contribution in [-0.2, 0) is 0 Å². The molecule has 0 atom stereocenters. The lowest BCUT2D eigenvalue weighted by Crippen LogP contribution is -1.97. The van der Waals surface area contributed by atoms with Gasteiger partial charge in [0.2, 0.25) is 5.76 Å². The molecule has 0 saturated carbocycles. The van der Waals surface area contributed by atoms with Crippen LogP contribution in [0, 0.1) is 0 Å². The normalized spacial score (nSPS) is 10.4. The van der Waals surface area contributed by atoms with E-state index in [1.165, 1.54) is 12.3 Å². The van der Waals surface area contributed by atoms with Crippen molar-refractivity contribution in [3.8, 4) is 0 Å². The molecular formula is C5H5N3O2. The molecule has 10 heavy (non-hydrogen) atoms. The zero-order valence-corrected chi connectivity index (χ0v) is 5.02. The number of carbonyl (C=O) groups excluding carboxylic acids is 1. The number of aromatic nitrogens is 1. The standard InChI is InChI=1S/C5H5N3O2/c6-3-7-5(9)4-1-2-8-10-4/h1-3H,(H2,6,7,9). The summed E-state index contributed by atoms with van der Waals surface area (Å²) in [5, 5.41) is 3.31. The van der Waals surface area contributed by atoms with Crippen LogP contribution in [0.2, 0.25) is 0 Å². The Morgan fingerprint density at radius 1 is 1.90 bits per heavy atom. The van der Waals surface area contributed by atoms with E-state index in [0.717, 1.165) is 6.34 Å². The fraction of sp³-hybridized carbons (Fsp3) is 0. The Morgan fingerprint density at radius 3 is 3.20 bits per heavy atom. The molecule has 0 fully saturated rings. The third kappa shape index (κ3) is 1.19. The van der Waals surface area contributed by atoms with Crippen molar-refractivity contribution in [3.63, 3.8) is 0 Å². The molecule has 0 aliphatic heterocycles. The van der Waals surface area contributed by atoms with Crippen molar-refractivity contribution in [1.82, 2.24) is 5.16 Å². The Kier molecular flexibility index (Phi) is 1.79. The first-order valence-corrected chi connectivity index (χ1v) is 2.54. The second kappa shape index (κ2) is 2.77. The van der Waals surface area contributed by atoms with Crippen molar-refractivity contribution in [2.24, 2.45) is 10.7 Å². The van der Waals surface area contributed by atoms with Crippen molar-refractivity contribution in [1.29, 1.82) is 0 Å². The van der Waals surface area contributed by atoms with E-state index in [0.29, 0.717) is 0 Å². The van der Waals surface area contributed by atoms with E-state index in [4.69, 9.17) is 5.73 Å². The number of hydrogen-bond acceptors (Lipinski definition) is 3. The number of hydrogen-bond donors (Lipinski definition) is 1. The number of rotatable bonds is 1. The maximum atomic E-state index is 10.7. The average Bonchev–Trinajstić information content (AvgIpc) is 2.38. The average molecular weight is 139 g/mol. The lowest BCUT2D eigenvalue weighted by molar-refractivity contribution is 0.0968. The van der Waals surface area contributed by atoms with Crippen LogP contribution in [0.15, 0.2) is 21.8 Å². The van der Waals surface area contributed by atoms with Gasteiger partial charge in [-0.25, -0.2) is 0 Å². The molecule has 0 aromatic carbocycles.